The summed E-state index contributed by atoms with van der Waals surface area (Å²) >= 11 is 6.01. The van der Waals surface area contributed by atoms with Crippen LogP contribution in [0.4, 0.5) is 10.5 Å². The van der Waals surface area contributed by atoms with Gasteiger partial charge < -0.3 is 4.74 Å². The van der Waals surface area contributed by atoms with E-state index in [4.69, 9.17) is 16.3 Å². The molecule has 1 N–H and O–H groups in total. The Kier molecular flexibility index (Phi) is 5.24. The lowest BCUT2D eigenvalue weighted by Crippen LogP contribution is -2.27. The number of anilines is 1. The molecule has 6 heteroatoms. The predicted octanol–water partition coefficient (Wildman–Crippen LogP) is 4.95. The monoisotopic (exact) mass is 346 g/mol. The summed E-state index contributed by atoms with van der Waals surface area (Å²) in [5.74, 6) is -0.251. The van der Waals surface area contributed by atoms with Crippen LogP contribution in [0.25, 0.3) is 11.1 Å². The van der Waals surface area contributed by atoms with Gasteiger partial charge in [-0.15, -0.1) is 0 Å². The largest absolute Gasteiger partial charge is 0.444 e. The summed E-state index contributed by atoms with van der Waals surface area (Å²) in [4.78, 5) is 27.9. The number of nitrogens with zero attached hydrogens (tertiary/aromatic N) is 1. The van der Waals surface area contributed by atoms with Gasteiger partial charge in [0, 0.05) is 23.7 Å². The van der Waals surface area contributed by atoms with Crippen molar-refractivity contribution in [1.82, 2.24) is 4.98 Å². The highest BCUT2D eigenvalue weighted by Crippen LogP contribution is 2.26. The van der Waals surface area contributed by atoms with Crippen molar-refractivity contribution in [2.24, 2.45) is 0 Å². The molecule has 0 saturated carbocycles. The first-order chi connectivity index (χ1) is 11.2. The molecule has 0 aliphatic rings. The molecular weight excluding hydrogens is 328 g/mol. The number of ether oxygens (including phenoxy) is 1. The summed E-state index contributed by atoms with van der Waals surface area (Å²) in [6.45, 7) is 6.68. The first-order valence-electron chi connectivity index (χ1n) is 7.42. The third kappa shape index (κ3) is 4.80. The van der Waals surface area contributed by atoms with Crippen molar-refractivity contribution in [3.05, 3.63) is 47.2 Å². The minimum atomic E-state index is -0.643. The van der Waals surface area contributed by atoms with Gasteiger partial charge in [-0.05, 0) is 44.5 Å². The maximum absolute atomic E-state index is 12.0. The van der Waals surface area contributed by atoms with Crippen LogP contribution >= 0.6 is 11.6 Å². The predicted molar refractivity (Wildman–Crippen MR) is 94.5 cm³/mol. The smallest absolute Gasteiger partial charge is 0.412 e. The Hall–Kier alpha value is -2.40. The number of hydrogen-bond acceptors (Lipinski definition) is 4. The Morgan fingerprint density at radius 2 is 1.88 bits per heavy atom. The number of aromatic nitrogens is 1. The second-order valence-corrected chi connectivity index (χ2v) is 6.75. The Balaban J connectivity index is 2.38. The van der Waals surface area contributed by atoms with Crippen molar-refractivity contribution in [3.63, 3.8) is 0 Å². The van der Waals surface area contributed by atoms with Crippen LogP contribution in [-0.2, 0) is 4.74 Å². The number of ketones is 1. The summed E-state index contributed by atoms with van der Waals surface area (Å²) in [5.41, 5.74) is 1.39. The first kappa shape index (κ1) is 17.9. The molecule has 2 aromatic rings. The fraction of sp³-hybridized carbons (Fsp3) is 0.278. The van der Waals surface area contributed by atoms with Crippen LogP contribution in [-0.4, -0.2) is 22.5 Å². The normalized spacial score (nSPS) is 11.0. The molecule has 1 heterocycles. The zero-order valence-corrected chi connectivity index (χ0v) is 14.8. The molecule has 5 nitrogen and oxygen atoms in total. The van der Waals surface area contributed by atoms with Crippen molar-refractivity contribution in [1.29, 1.82) is 0 Å². The van der Waals surface area contributed by atoms with Gasteiger partial charge in [0.15, 0.2) is 5.78 Å². The molecule has 0 aliphatic heterocycles. The number of rotatable bonds is 3. The summed E-state index contributed by atoms with van der Waals surface area (Å²) in [6, 6.07) is 8.91. The number of hydrogen-bond donors (Lipinski definition) is 1. The quantitative estimate of drug-likeness (QED) is 0.798. The van der Waals surface area contributed by atoms with Crippen LogP contribution in [0.5, 0.6) is 0 Å². The number of carbonyl (C=O) groups is 2. The topological polar surface area (TPSA) is 68.3 Å². The summed E-state index contributed by atoms with van der Waals surface area (Å²) in [5, 5.41) is 3.18. The van der Waals surface area contributed by atoms with Crippen LogP contribution in [0.15, 0.2) is 36.5 Å². The number of pyridine rings is 1. The highest BCUT2D eigenvalue weighted by molar-refractivity contribution is 6.30. The van der Waals surface area contributed by atoms with Crippen molar-refractivity contribution in [2.45, 2.75) is 33.3 Å². The lowest BCUT2D eigenvalue weighted by Gasteiger charge is -2.20. The van der Waals surface area contributed by atoms with Gasteiger partial charge in [-0.1, -0.05) is 23.7 Å². The number of benzene rings is 1. The molecule has 0 atom stereocenters. The molecule has 126 valence electrons. The maximum atomic E-state index is 12.0. The van der Waals surface area contributed by atoms with E-state index >= 15 is 0 Å². The van der Waals surface area contributed by atoms with E-state index in [2.05, 4.69) is 10.3 Å². The van der Waals surface area contributed by atoms with Crippen molar-refractivity contribution in [2.75, 3.05) is 5.32 Å². The van der Waals surface area contributed by atoms with Gasteiger partial charge in [-0.3, -0.25) is 15.1 Å². The number of nitrogens with one attached hydrogen (secondary N) is 1. The SMILES string of the molecule is CC(=O)c1ncc(-c2cccc(Cl)c2)cc1NC(=O)OC(C)(C)C. The molecule has 1 aromatic carbocycles. The van der Waals surface area contributed by atoms with E-state index in [-0.39, 0.29) is 11.5 Å². The molecule has 0 spiro atoms. The van der Waals surface area contributed by atoms with Gasteiger partial charge in [-0.2, -0.15) is 0 Å². The maximum Gasteiger partial charge on any atom is 0.412 e. The Morgan fingerprint density at radius 3 is 2.46 bits per heavy atom. The van der Waals surface area contributed by atoms with Crippen LogP contribution < -0.4 is 5.32 Å². The van der Waals surface area contributed by atoms with E-state index in [0.29, 0.717) is 10.7 Å². The Bertz CT molecular complexity index is 782. The van der Waals surface area contributed by atoms with Crippen molar-refractivity contribution >= 4 is 29.2 Å². The van der Waals surface area contributed by atoms with E-state index in [1.165, 1.54) is 6.92 Å². The number of Topliss-reactive ketones (excluding diaryl/α,β-unsaturated/α-hetero) is 1. The second-order valence-electron chi connectivity index (χ2n) is 6.31. The highest BCUT2D eigenvalue weighted by atomic mass is 35.5. The zero-order valence-electron chi connectivity index (χ0n) is 14.0. The van der Waals surface area contributed by atoms with Crippen molar-refractivity contribution in [3.8, 4) is 11.1 Å². The van der Waals surface area contributed by atoms with Crippen molar-refractivity contribution < 1.29 is 14.3 Å². The van der Waals surface area contributed by atoms with Crippen LogP contribution in [0, 0.1) is 0 Å². The summed E-state index contributed by atoms with van der Waals surface area (Å²) in [7, 11) is 0. The molecule has 0 bridgehead atoms. The molecular formula is C18H19ClN2O3. The lowest BCUT2D eigenvalue weighted by molar-refractivity contribution is 0.0636. The van der Waals surface area contributed by atoms with Gasteiger partial charge >= 0.3 is 6.09 Å². The zero-order chi connectivity index (χ0) is 17.9. The second kappa shape index (κ2) is 7.01. The molecule has 0 radical (unpaired) electrons. The summed E-state index contributed by atoms with van der Waals surface area (Å²) < 4.78 is 5.23. The molecule has 0 aliphatic carbocycles. The van der Waals surface area contributed by atoms with Crippen LogP contribution in [0.2, 0.25) is 5.02 Å². The van der Waals surface area contributed by atoms with E-state index in [0.717, 1.165) is 11.1 Å². The Labute approximate surface area is 146 Å². The first-order valence-corrected chi connectivity index (χ1v) is 7.80. The minimum absolute atomic E-state index is 0.173. The Morgan fingerprint density at radius 1 is 1.17 bits per heavy atom. The molecule has 0 saturated heterocycles. The standard InChI is InChI=1S/C18H19ClN2O3/c1-11(22)16-15(21-17(23)24-18(2,3)4)9-13(10-20-16)12-6-5-7-14(19)8-12/h5-10H,1-4H3,(H,21,23). The number of carbonyl (C=O) groups excluding carboxylic acids is 2. The molecule has 1 amide bonds. The van der Waals surface area contributed by atoms with Gasteiger partial charge in [0.25, 0.3) is 0 Å². The highest BCUT2D eigenvalue weighted by Gasteiger charge is 2.19. The van der Waals surface area contributed by atoms with E-state index in [1.54, 1.807) is 45.2 Å². The van der Waals surface area contributed by atoms with E-state index < -0.39 is 11.7 Å². The van der Waals surface area contributed by atoms with Gasteiger partial charge in [0.05, 0.1) is 5.69 Å². The molecule has 0 fully saturated rings. The summed E-state index contributed by atoms with van der Waals surface area (Å²) in [6.07, 6.45) is 0.929. The molecule has 2 rings (SSSR count). The fourth-order valence-corrected chi connectivity index (χ4v) is 2.27. The third-order valence-electron chi connectivity index (χ3n) is 3.01. The molecule has 1 aromatic heterocycles. The third-order valence-corrected chi connectivity index (χ3v) is 3.25. The minimum Gasteiger partial charge on any atom is -0.444 e. The number of amides is 1. The lowest BCUT2D eigenvalue weighted by atomic mass is 10.1. The average molecular weight is 347 g/mol. The van der Waals surface area contributed by atoms with Gasteiger partial charge in [0.1, 0.15) is 11.3 Å². The number of halogens is 1. The molecule has 0 unspecified atom stereocenters. The average Bonchev–Trinajstić information content (AvgIpc) is 2.44. The van der Waals surface area contributed by atoms with Gasteiger partial charge in [0.2, 0.25) is 0 Å². The van der Waals surface area contributed by atoms with Gasteiger partial charge in [-0.25, -0.2) is 4.79 Å². The van der Waals surface area contributed by atoms with E-state index in [9.17, 15) is 9.59 Å². The van der Waals surface area contributed by atoms with Crippen LogP contribution in [0.3, 0.4) is 0 Å². The molecule has 24 heavy (non-hydrogen) atoms. The van der Waals surface area contributed by atoms with Crippen LogP contribution in [0.1, 0.15) is 38.2 Å². The fourth-order valence-electron chi connectivity index (χ4n) is 2.08. The van der Waals surface area contributed by atoms with E-state index in [1.807, 2.05) is 12.1 Å².